The van der Waals surface area contributed by atoms with E-state index in [0.29, 0.717) is 6.42 Å². The predicted octanol–water partition coefficient (Wildman–Crippen LogP) is 0.833. The van der Waals surface area contributed by atoms with Gasteiger partial charge in [0.2, 0.25) is 5.91 Å². The van der Waals surface area contributed by atoms with E-state index in [9.17, 15) is 4.79 Å². The fraction of sp³-hybridized carbons (Fsp3) is 0.375. The molecule has 4 nitrogen and oxygen atoms in total. The molecular formula is C8H11N3OS. The van der Waals surface area contributed by atoms with Gasteiger partial charge in [0, 0.05) is 12.4 Å². The van der Waals surface area contributed by atoms with Crippen LogP contribution in [-0.2, 0) is 4.79 Å². The Labute approximate surface area is 81.0 Å². The Kier molecular flexibility index (Phi) is 3.70. The topological polar surface area (TPSA) is 68.9 Å². The molecule has 0 saturated heterocycles. The summed E-state index contributed by atoms with van der Waals surface area (Å²) < 4.78 is 0. The summed E-state index contributed by atoms with van der Waals surface area (Å²) in [5, 5.41) is 0.518. The van der Waals surface area contributed by atoms with Gasteiger partial charge in [-0.2, -0.15) is 0 Å². The minimum Gasteiger partial charge on any atom is -0.369 e. The lowest BCUT2D eigenvalue weighted by atomic mass is 10.3. The first kappa shape index (κ1) is 9.98. The van der Waals surface area contributed by atoms with Gasteiger partial charge in [0.1, 0.15) is 5.03 Å². The van der Waals surface area contributed by atoms with Gasteiger partial charge in [-0.1, -0.05) is 18.7 Å². The summed E-state index contributed by atoms with van der Waals surface area (Å²) >= 11 is 1.35. The summed E-state index contributed by atoms with van der Waals surface area (Å²) in [4.78, 5) is 18.8. The molecule has 1 heterocycles. The largest absolute Gasteiger partial charge is 0.369 e. The molecule has 0 bridgehead atoms. The van der Waals surface area contributed by atoms with E-state index < -0.39 is 0 Å². The Morgan fingerprint density at radius 3 is 2.92 bits per heavy atom. The van der Waals surface area contributed by atoms with Gasteiger partial charge in [-0.25, -0.2) is 4.98 Å². The molecule has 0 spiro atoms. The van der Waals surface area contributed by atoms with Crippen LogP contribution < -0.4 is 5.73 Å². The van der Waals surface area contributed by atoms with Crippen molar-refractivity contribution < 1.29 is 4.79 Å². The maximum absolute atomic E-state index is 10.9. The molecule has 1 atom stereocenters. The summed E-state index contributed by atoms with van der Waals surface area (Å²) in [5.41, 5.74) is 5.19. The second-order valence-corrected chi connectivity index (χ2v) is 3.68. The Morgan fingerprint density at radius 1 is 1.69 bits per heavy atom. The molecule has 1 aromatic rings. The van der Waals surface area contributed by atoms with Crippen LogP contribution in [0.5, 0.6) is 0 Å². The summed E-state index contributed by atoms with van der Waals surface area (Å²) in [5.74, 6) is -0.307. The van der Waals surface area contributed by atoms with Crippen molar-refractivity contribution in [1.29, 1.82) is 0 Å². The molecule has 0 aliphatic rings. The molecule has 1 rings (SSSR count). The van der Waals surface area contributed by atoms with Crippen LogP contribution in [-0.4, -0.2) is 21.1 Å². The van der Waals surface area contributed by atoms with Crippen LogP contribution >= 0.6 is 11.8 Å². The normalized spacial score (nSPS) is 12.4. The average Bonchev–Trinajstić information content (AvgIpc) is 2.15. The van der Waals surface area contributed by atoms with Crippen LogP contribution in [0.2, 0.25) is 0 Å². The number of carbonyl (C=O) groups is 1. The molecular weight excluding hydrogens is 186 g/mol. The summed E-state index contributed by atoms with van der Waals surface area (Å²) in [6.07, 6.45) is 5.51. The van der Waals surface area contributed by atoms with E-state index in [0.717, 1.165) is 5.03 Å². The second-order valence-electron chi connectivity index (χ2n) is 2.46. The van der Waals surface area contributed by atoms with E-state index >= 15 is 0 Å². The van der Waals surface area contributed by atoms with Gasteiger partial charge in [-0.15, -0.1) is 0 Å². The minimum atomic E-state index is -0.307. The Morgan fingerprint density at radius 2 is 2.46 bits per heavy atom. The van der Waals surface area contributed by atoms with E-state index in [1.165, 1.54) is 11.8 Å². The Balaban J connectivity index is 2.62. The van der Waals surface area contributed by atoms with Crippen LogP contribution in [0.25, 0.3) is 0 Å². The Hall–Kier alpha value is -1.10. The summed E-state index contributed by atoms with van der Waals surface area (Å²) in [6, 6.07) is 0. The zero-order chi connectivity index (χ0) is 9.68. The van der Waals surface area contributed by atoms with E-state index in [1.807, 2.05) is 6.92 Å². The molecule has 0 radical (unpaired) electrons. The van der Waals surface area contributed by atoms with Gasteiger partial charge in [0.25, 0.3) is 0 Å². The first-order chi connectivity index (χ1) is 6.24. The third-order valence-corrected chi connectivity index (χ3v) is 2.79. The third-order valence-electron chi connectivity index (χ3n) is 1.49. The number of nitrogens with two attached hydrogens (primary N) is 1. The van der Waals surface area contributed by atoms with Crippen molar-refractivity contribution in [3.05, 3.63) is 18.6 Å². The Bertz CT molecular complexity index is 278. The fourth-order valence-electron chi connectivity index (χ4n) is 0.835. The number of hydrogen-bond acceptors (Lipinski definition) is 4. The number of aromatic nitrogens is 2. The smallest absolute Gasteiger partial charge is 0.230 e. The number of thioether (sulfide) groups is 1. The first-order valence-corrected chi connectivity index (χ1v) is 4.84. The fourth-order valence-corrected chi connectivity index (χ4v) is 1.65. The molecule has 0 aromatic carbocycles. The van der Waals surface area contributed by atoms with Gasteiger partial charge in [-0.05, 0) is 6.42 Å². The third kappa shape index (κ3) is 3.02. The molecule has 0 fully saturated rings. The number of rotatable bonds is 4. The molecule has 1 amide bonds. The molecule has 0 saturated carbocycles. The van der Waals surface area contributed by atoms with Gasteiger partial charge in [0.05, 0.1) is 11.4 Å². The molecule has 1 unspecified atom stereocenters. The average molecular weight is 197 g/mol. The van der Waals surface area contributed by atoms with E-state index in [2.05, 4.69) is 9.97 Å². The standard InChI is InChI=1S/C8H11N3OS/c1-2-6(8(9)12)13-7-5-10-3-4-11-7/h3-6H,2H2,1H3,(H2,9,12). The lowest BCUT2D eigenvalue weighted by Gasteiger charge is -2.08. The van der Waals surface area contributed by atoms with E-state index in [4.69, 9.17) is 5.73 Å². The maximum atomic E-state index is 10.9. The highest BCUT2D eigenvalue weighted by Gasteiger charge is 2.14. The number of amides is 1. The van der Waals surface area contributed by atoms with Crippen molar-refractivity contribution in [2.45, 2.75) is 23.6 Å². The van der Waals surface area contributed by atoms with Crippen LogP contribution in [0.4, 0.5) is 0 Å². The summed E-state index contributed by atoms with van der Waals surface area (Å²) in [6.45, 7) is 1.92. The van der Waals surface area contributed by atoms with Gasteiger partial charge < -0.3 is 5.73 Å². The highest BCUT2D eigenvalue weighted by molar-refractivity contribution is 8.00. The van der Waals surface area contributed by atoms with Crippen molar-refractivity contribution in [1.82, 2.24) is 9.97 Å². The van der Waals surface area contributed by atoms with Crippen molar-refractivity contribution in [3.8, 4) is 0 Å². The predicted molar refractivity (Wildman–Crippen MR) is 51.2 cm³/mol. The highest BCUT2D eigenvalue weighted by atomic mass is 32.2. The lowest BCUT2D eigenvalue weighted by molar-refractivity contribution is -0.117. The van der Waals surface area contributed by atoms with Crippen LogP contribution in [0.3, 0.4) is 0 Å². The SMILES string of the molecule is CCC(Sc1cnccn1)C(N)=O. The number of nitrogens with zero attached hydrogens (tertiary/aromatic N) is 2. The molecule has 13 heavy (non-hydrogen) atoms. The van der Waals surface area contributed by atoms with Gasteiger partial charge >= 0.3 is 0 Å². The first-order valence-electron chi connectivity index (χ1n) is 3.96. The van der Waals surface area contributed by atoms with Crippen molar-refractivity contribution in [3.63, 3.8) is 0 Å². The summed E-state index contributed by atoms with van der Waals surface area (Å²) in [7, 11) is 0. The van der Waals surface area contributed by atoms with Crippen molar-refractivity contribution in [2.24, 2.45) is 5.73 Å². The molecule has 5 heteroatoms. The highest BCUT2D eigenvalue weighted by Crippen LogP contribution is 2.21. The van der Waals surface area contributed by atoms with Crippen LogP contribution in [0.1, 0.15) is 13.3 Å². The van der Waals surface area contributed by atoms with Gasteiger partial charge in [0.15, 0.2) is 0 Å². The molecule has 2 N–H and O–H groups in total. The second kappa shape index (κ2) is 4.81. The zero-order valence-electron chi connectivity index (χ0n) is 7.30. The molecule has 0 aliphatic carbocycles. The quantitative estimate of drug-likeness (QED) is 0.726. The minimum absolute atomic E-state index is 0.211. The van der Waals surface area contributed by atoms with E-state index in [-0.39, 0.29) is 11.2 Å². The monoisotopic (exact) mass is 197 g/mol. The molecule has 0 aliphatic heterocycles. The number of carbonyl (C=O) groups excluding carboxylic acids is 1. The maximum Gasteiger partial charge on any atom is 0.230 e. The molecule has 70 valence electrons. The number of hydrogen-bond donors (Lipinski definition) is 1. The zero-order valence-corrected chi connectivity index (χ0v) is 8.12. The van der Waals surface area contributed by atoms with Crippen LogP contribution in [0.15, 0.2) is 23.6 Å². The molecule has 1 aromatic heterocycles. The number of primary amides is 1. The lowest BCUT2D eigenvalue weighted by Crippen LogP contribution is -2.24. The van der Waals surface area contributed by atoms with Gasteiger partial charge in [-0.3, -0.25) is 9.78 Å². The van der Waals surface area contributed by atoms with Crippen molar-refractivity contribution in [2.75, 3.05) is 0 Å². The van der Waals surface area contributed by atoms with Crippen LogP contribution in [0, 0.1) is 0 Å². The van der Waals surface area contributed by atoms with Crippen molar-refractivity contribution >= 4 is 17.7 Å². The van der Waals surface area contributed by atoms with E-state index in [1.54, 1.807) is 18.6 Å².